The van der Waals surface area contributed by atoms with Gasteiger partial charge < -0.3 is 19.2 Å². The van der Waals surface area contributed by atoms with Crippen LogP contribution in [0.3, 0.4) is 0 Å². The Morgan fingerprint density at radius 3 is 2.11 bits per heavy atom. The van der Waals surface area contributed by atoms with Crippen LogP contribution >= 0.6 is 0 Å². The fraction of sp³-hybridized carbons (Fsp3) is 0.136. The van der Waals surface area contributed by atoms with E-state index >= 15 is 0 Å². The third-order valence-electron chi connectivity index (χ3n) is 4.61. The maximum Gasteiger partial charge on any atom is 0.203 e. The third kappa shape index (κ3) is 2.97. The Labute approximate surface area is 157 Å². The van der Waals surface area contributed by atoms with Crippen molar-refractivity contribution < 1.29 is 14.2 Å². The van der Waals surface area contributed by atoms with E-state index in [1.165, 1.54) is 0 Å². The van der Waals surface area contributed by atoms with Crippen LogP contribution in [-0.2, 0) is 0 Å². The summed E-state index contributed by atoms with van der Waals surface area (Å²) in [6.07, 6.45) is 3.83. The Hall–Kier alpha value is -3.47. The second kappa shape index (κ2) is 7.03. The number of rotatable bonds is 5. The van der Waals surface area contributed by atoms with Crippen LogP contribution < -0.4 is 14.2 Å². The second-order valence-corrected chi connectivity index (χ2v) is 6.10. The van der Waals surface area contributed by atoms with Crippen LogP contribution in [0, 0.1) is 0 Å². The Balaban J connectivity index is 1.88. The molecule has 2 heterocycles. The van der Waals surface area contributed by atoms with Crippen molar-refractivity contribution in [2.45, 2.75) is 0 Å². The average molecular weight is 360 g/mol. The lowest BCUT2D eigenvalue weighted by Gasteiger charge is -2.14. The van der Waals surface area contributed by atoms with Gasteiger partial charge in [0.05, 0.1) is 21.3 Å². The molecule has 136 valence electrons. The Kier molecular flexibility index (Phi) is 4.42. The molecule has 0 bridgehead atoms. The van der Waals surface area contributed by atoms with Crippen molar-refractivity contribution in [3.05, 3.63) is 60.9 Å². The highest BCUT2D eigenvalue weighted by Gasteiger charge is 2.15. The molecule has 0 amide bonds. The molecule has 0 fully saturated rings. The van der Waals surface area contributed by atoms with Gasteiger partial charge in [-0.05, 0) is 29.3 Å². The van der Waals surface area contributed by atoms with Crippen molar-refractivity contribution in [2.24, 2.45) is 0 Å². The molecule has 27 heavy (non-hydrogen) atoms. The number of benzene rings is 2. The van der Waals surface area contributed by atoms with Crippen molar-refractivity contribution in [3.8, 4) is 39.5 Å². The number of aromatic amines is 1. The van der Waals surface area contributed by atoms with Crippen LogP contribution in [0.15, 0.2) is 60.9 Å². The fourth-order valence-electron chi connectivity index (χ4n) is 3.27. The van der Waals surface area contributed by atoms with Crippen molar-refractivity contribution in [2.75, 3.05) is 21.3 Å². The second-order valence-electron chi connectivity index (χ2n) is 6.10. The SMILES string of the molecule is COc1cc(-c2cnc3[nH]cc(-c4ccccc4)c3c2)cc(OC)c1OC. The molecule has 5 heteroatoms. The van der Waals surface area contributed by atoms with E-state index in [9.17, 15) is 0 Å². The highest BCUT2D eigenvalue weighted by Crippen LogP contribution is 2.41. The Morgan fingerprint density at radius 1 is 0.778 bits per heavy atom. The van der Waals surface area contributed by atoms with Gasteiger partial charge in [0, 0.05) is 28.9 Å². The number of nitrogens with one attached hydrogen (secondary N) is 1. The fourth-order valence-corrected chi connectivity index (χ4v) is 3.27. The number of methoxy groups -OCH3 is 3. The standard InChI is InChI=1S/C22H20N2O3/c1-25-19-10-15(11-20(26-2)21(19)27-3)16-9-17-18(13-24-22(17)23-12-16)14-7-5-4-6-8-14/h4-13H,1-3H3,(H,23,24). The summed E-state index contributed by atoms with van der Waals surface area (Å²) >= 11 is 0. The van der Waals surface area contributed by atoms with Crippen LogP contribution in [0.1, 0.15) is 0 Å². The van der Waals surface area contributed by atoms with E-state index in [-0.39, 0.29) is 0 Å². The summed E-state index contributed by atoms with van der Waals surface area (Å²) < 4.78 is 16.4. The maximum atomic E-state index is 5.47. The summed E-state index contributed by atoms with van der Waals surface area (Å²) in [5, 5.41) is 1.06. The van der Waals surface area contributed by atoms with Crippen molar-refractivity contribution in [3.63, 3.8) is 0 Å². The summed E-state index contributed by atoms with van der Waals surface area (Å²) in [4.78, 5) is 7.84. The van der Waals surface area contributed by atoms with Gasteiger partial charge in [0.25, 0.3) is 0 Å². The molecule has 0 radical (unpaired) electrons. The molecule has 4 aromatic rings. The Bertz CT molecular complexity index is 1060. The van der Waals surface area contributed by atoms with Gasteiger partial charge in [0.2, 0.25) is 5.75 Å². The van der Waals surface area contributed by atoms with Gasteiger partial charge in [-0.3, -0.25) is 0 Å². The van der Waals surface area contributed by atoms with E-state index in [1.807, 2.05) is 42.7 Å². The summed E-state index contributed by atoms with van der Waals surface area (Å²) in [6, 6.07) is 16.2. The zero-order valence-electron chi connectivity index (χ0n) is 15.4. The number of fused-ring (bicyclic) bond motifs is 1. The van der Waals surface area contributed by atoms with E-state index in [0.717, 1.165) is 33.3 Å². The average Bonchev–Trinajstić information content (AvgIpc) is 3.16. The molecular weight excluding hydrogens is 340 g/mol. The molecule has 0 unspecified atom stereocenters. The molecule has 5 nitrogen and oxygen atoms in total. The van der Waals surface area contributed by atoms with Gasteiger partial charge in [-0.15, -0.1) is 0 Å². The predicted octanol–water partition coefficient (Wildman–Crippen LogP) is 4.92. The van der Waals surface area contributed by atoms with Gasteiger partial charge in [-0.25, -0.2) is 4.98 Å². The lowest BCUT2D eigenvalue weighted by atomic mass is 10.0. The molecule has 0 atom stereocenters. The normalized spacial score (nSPS) is 10.8. The quantitative estimate of drug-likeness (QED) is 0.549. The summed E-state index contributed by atoms with van der Waals surface area (Å²) in [5.74, 6) is 1.80. The monoisotopic (exact) mass is 360 g/mol. The highest BCUT2D eigenvalue weighted by molar-refractivity contribution is 5.96. The molecule has 0 aliphatic carbocycles. The number of hydrogen-bond acceptors (Lipinski definition) is 4. The van der Waals surface area contributed by atoms with Crippen molar-refractivity contribution in [1.29, 1.82) is 0 Å². The van der Waals surface area contributed by atoms with E-state index in [0.29, 0.717) is 17.2 Å². The van der Waals surface area contributed by atoms with Crippen LogP contribution in [0.5, 0.6) is 17.2 Å². The summed E-state index contributed by atoms with van der Waals surface area (Å²) in [5.41, 5.74) is 5.03. The number of pyridine rings is 1. The van der Waals surface area contributed by atoms with Crippen LogP contribution in [0.25, 0.3) is 33.3 Å². The minimum atomic E-state index is 0.574. The number of H-pyrrole nitrogens is 1. The van der Waals surface area contributed by atoms with E-state index in [1.54, 1.807) is 21.3 Å². The van der Waals surface area contributed by atoms with Gasteiger partial charge in [-0.1, -0.05) is 30.3 Å². The molecule has 1 N–H and O–H groups in total. The van der Waals surface area contributed by atoms with E-state index in [2.05, 4.69) is 28.2 Å². The van der Waals surface area contributed by atoms with Gasteiger partial charge in [0.1, 0.15) is 5.65 Å². The topological polar surface area (TPSA) is 56.4 Å². The lowest BCUT2D eigenvalue weighted by Crippen LogP contribution is -1.96. The molecule has 0 saturated carbocycles. The van der Waals surface area contributed by atoms with Crippen LogP contribution in [0.4, 0.5) is 0 Å². The van der Waals surface area contributed by atoms with Crippen molar-refractivity contribution in [1.82, 2.24) is 9.97 Å². The highest BCUT2D eigenvalue weighted by atomic mass is 16.5. The van der Waals surface area contributed by atoms with E-state index < -0.39 is 0 Å². The first-order valence-corrected chi connectivity index (χ1v) is 8.58. The molecule has 0 aliphatic rings. The predicted molar refractivity (Wildman–Crippen MR) is 107 cm³/mol. The van der Waals surface area contributed by atoms with Crippen LogP contribution in [0.2, 0.25) is 0 Å². The van der Waals surface area contributed by atoms with Gasteiger partial charge >= 0.3 is 0 Å². The first kappa shape index (κ1) is 17.0. The zero-order chi connectivity index (χ0) is 18.8. The van der Waals surface area contributed by atoms with Crippen molar-refractivity contribution >= 4 is 11.0 Å². The largest absolute Gasteiger partial charge is 0.493 e. The minimum Gasteiger partial charge on any atom is -0.493 e. The third-order valence-corrected chi connectivity index (χ3v) is 4.61. The minimum absolute atomic E-state index is 0.574. The molecule has 2 aromatic heterocycles. The molecule has 0 saturated heterocycles. The first-order valence-electron chi connectivity index (χ1n) is 8.58. The number of aromatic nitrogens is 2. The number of ether oxygens (including phenoxy) is 3. The summed E-state index contributed by atoms with van der Waals surface area (Å²) in [6.45, 7) is 0. The van der Waals surface area contributed by atoms with Crippen LogP contribution in [-0.4, -0.2) is 31.3 Å². The molecule has 2 aromatic carbocycles. The number of nitrogens with zero attached hydrogens (tertiary/aromatic N) is 1. The van der Waals surface area contributed by atoms with Gasteiger partial charge in [-0.2, -0.15) is 0 Å². The smallest absolute Gasteiger partial charge is 0.203 e. The Morgan fingerprint density at radius 2 is 1.48 bits per heavy atom. The molecular formula is C22H20N2O3. The summed E-state index contributed by atoms with van der Waals surface area (Å²) in [7, 11) is 4.82. The molecule has 0 spiro atoms. The zero-order valence-corrected chi connectivity index (χ0v) is 15.4. The van der Waals surface area contributed by atoms with E-state index in [4.69, 9.17) is 14.2 Å². The number of hydrogen-bond donors (Lipinski definition) is 1. The first-order chi connectivity index (χ1) is 13.2. The molecule has 0 aliphatic heterocycles. The van der Waals surface area contributed by atoms with Gasteiger partial charge in [0.15, 0.2) is 11.5 Å². The maximum absolute atomic E-state index is 5.47. The molecule has 4 rings (SSSR count). The lowest BCUT2D eigenvalue weighted by molar-refractivity contribution is 0.324.